The van der Waals surface area contributed by atoms with E-state index in [-0.39, 0.29) is 11.8 Å². The fourth-order valence-corrected chi connectivity index (χ4v) is 3.53. The molecule has 1 heterocycles. The van der Waals surface area contributed by atoms with Crippen LogP contribution in [-0.4, -0.2) is 19.2 Å². The number of benzene rings is 3. The van der Waals surface area contributed by atoms with Gasteiger partial charge in [-0.2, -0.15) is 0 Å². The predicted molar refractivity (Wildman–Crippen MR) is 119 cm³/mol. The Bertz CT molecular complexity index is 1060. The molecule has 5 nitrogen and oxygen atoms in total. The number of nitrogens with one attached hydrogen (secondary N) is 1. The molecule has 3 aromatic rings. The molecule has 30 heavy (non-hydrogen) atoms. The van der Waals surface area contributed by atoms with Crippen molar-refractivity contribution in [2.75, 3.05) is 12.4 Å². The molecule has 0 aromatic heterocycles. The van der Waals surface area contributed by atoms with Gasteiger partial charge in [-0.05, 0) is 71.6 Å². The van der Waals surface area contributed by atoms with Crippen molar-refractivity contribution in [2.24, 2.45) is 4.99 Å². The number of anilines is 1. The number of rotatable bonds is 7. The van der Waals surface area contributed by atoms with Gasteiger partial charge in [0.15, 0.2) is 0 Å². The highest BCUT2D eigenvalue weighted by Gasteiger charge is 2.19. The van der Waals surface area contributed by atoms with E-state index in [0.717, 1.165) is 34.1 Å². The summed E-state index contributed by atoms with van der Waals surface area (Å²) in [5.74, 6) is 1.98. The fourth-order valence-electron chi connectivity index (χ4n) is 3.53. The molecule has 0 saturated carbocycles. The Morgan fingerprint density at radius 2 is 1.67 bits per heavy atom. The van der Waals surface area contributed by atoms with Gasteiger partial charge in [-0.25, -0.2) is 0 Å². The normalized spacial score (nSPS) is 12.9. The third-order valence-corrected chi connectivity index (χ3v) is 5.21. The van der Waals surface area contributed by atoms with Crippen LogP contribution in [0.25, 0.3) is 0 Å². The lowest BCUT2D eigenvalue weighted by Crippen LogP contribution is -2.20. The van der Waals surface area contributed by atoms with Gasteiger partial charge in [-0.1, -0.05) is 25.1 Å². The van der Waals surface area contributed by atoms with Gasteiger partial charge >= 0.3 is 0 Å². The van der Waals surface area contributed by atoms with Crippen molar-refractivity contribution in [2.45, 2.75) is 25.8 Å². The number of fused-ring (bicyclic) bond motifs is 1. The van der Waals surface area contributed by atoms with Crippen LogP contribution in [0.5, 0.6) is 17.2 Å². The first-order valence-corrected chi connectivity index (χ1v) is 10.0. The average Bonchev–Trinajstić information content (AvgIpc) is 3.24. The summed E-state index contributed by atoms with van der Waals surface area (Å²) in [4.78, 5) is 17.2. The number of methoxy groups -OCH3 is 1. The monoisotopic (exact) mass is 400 g/mol. The van der Waals surface area contributed by atoms with Gasteiger partial charge in [0.05, 0.1) is 19.6 Å². The summed E-state index contributed by atoms with van der Waals surface area (Å²) in [6.45, 7) is 2.73. The number of nitrogens with zero attached hydrogens (tertiary/aromatic N) is 1. The van der Waals surface area contributed by atoms with Gasteiger partial charge < -0.3 is 14.8 Å². The number of carbonyl (C=O) groups is 1. The van der Waals surface area contributed by atoms with Crippen molar-refractivity contribution in [3.63, 3.8) is 0 Å². The van der Waals surface area contributed by atoms with E-state index in [2.05, 4.69) is 10.3 Å². The summed E-state index contributed by atoms with van der Waals surface area (Å²) < 4.78 is 11.0. The van der Waals surface area contributed by atoms with Crippen molar-refractivity contribution >= 4 is 17.8 Å². The molecule has 0 fully saturated rings. The third kappa shape index (κ3) is 4.35. The van der Waals surface area contributed by atoms with Crippen molar-refractivity contribution in [1.82, 2.24) is 0 Å². The van der Waals surface area contributed by atoms with Crippen LogP contribution in [0.4, 0.5) is 5.69 Å². The highest BCUT2D eigenvalue weighted by atomic mass is 16.5. The summed E-state index contributed by atoms with van der Waals surface area (Å²) in [6.07, 6.45) is 2.56. The molecule has 0 radical (unpaired) electrons. The van der Waals surface area contributed by atoms with Gasteiger partial charge in [-0.15, -0.1) is 0 Å². The number of amides is 1. The lowest BCUT2D eigenvalue weighted by molar-refractivity contribution is -0.117. The second kappa shape index (κ2) is 8.82. The molecule has 1 atom stereocenters. The zero-order valence-corrected chi connectivity index (χ0v) is 17.1. The molecule has 1 unspecified atom stereocenters. The first-order valence-electron chi connectivity index (χ1n) is 10.0. The highest BCUT2D eigenvalue weighted by molar-refractivity contribution is 5.97. The van der Waals surface area contributed by atoms with Gasteiger partial charge in [0.25, 0.3) is 0 Å². The Balaban J connectivity index is 1.43. The smallest absolute Gasteiger partial charge is 0.231 e. The molecule has 1 aliphatic rings. The van der Waals surface area contributed by atoms with Gasteiger partial charge in [0.2, 0.25) is 5.91 Å². The number of ether oxygens (including phenoxy) is 2. The highest BCUT2D eigenvalue weighted by Crippen LogP contribution is 2.28. The van der Waals surface area contributed by atoms with Crippen molar-refractivity contribution in [3.05, 3.63) is 83.4 Å². The van der Waals surface area contributed by atoms with E-state index in [0.29, 0.717) is 13.0 Å². The van der Waals surface area contributed by atoms with Crippen LogP contribution in [-0.2, 0) is 11.3 Å². The maximum absolute atomic E-state index is 12.9. The van der Waals surface area contributed by atoms with Crippen molar-refractivity contribution < 1.29 is 14.3 Å². The lowest BCUT2D eigenvalue weighted by Gasteiger charge is -2.16. The second-order valence-electron chi connectivity index (χ2n) is 7.18. The summed E-state index contributed by atoms with van der Waals surface area (Å²) in [5, 5.41) is 3.04. The van der Waals surface area contributed by atoms with Crippen LogP contribution in [0.15, 0.2) is 71.7 Å². The van der Waals surface area contributed by atoms with E-state index in [1.165, 1.54) is 5.56 Å². The Kier molecular flexibility index (Phi) is 5.80. The van der Waals surface area contributed by atoms with Crippen LogP contribution in [0.2, 0.25) is 0 Å². The predicted octanol–water partition coefficient (Wildman–Crippen LogP) is 5.55. The minimum absolute atomic E-state index is 0.0174. The molecular formula is C25H24N2O3. The summed E-state index contributed by atoms with van der Waals surface area (Å²) >= 11 is 0. The summed E-state index contributed by atoms with van der Waals surface area (Å²) in [6, 6.07) is 21.0. The topological polar surface area (TPSA) is 59.9 Å². The number of hydrogen-bond donors (Lipinski definition) is 1. The fraction of sp³-hybridized carbons (Fsp3) is 0.200. The molecule has 0 spiro atoms. The van der Waals surface area contributed by atoms with Crippen LogP contribution >= 0.6 is 0 Å². The number of carbonyl (C=O) groups excluding carboxylic acids is 1. The Labute approximate surface area is 176 Å². The molecular weight excluding hydrogens is 376 g/mol. The molecule has 1 N–H and O–H groups in total. The van der Waals surface area contributed by atoms with E-state index in [1.807, 2.05) is 79.9 Å². The third-order valence-electron chi connectivity index (χ3n) is 5.21. The first-order chi connectivity index (χ1) is 14.7. The zero-order chi connectivity index (χ0) is 20.9. The standard InChI is InChI=1S/C25H24N2O3/c1-3-24(25(28)27-20-7-4-18-15-26-16-19(18)14-20)17-5-8-22(9-6-17)30-23-12-10-21(29-2)11-13-23/h4-14,16,24H,3,15H2,1-2H3,(H,27,28). The van der Waals surface area contributed by atoms with Gasteiger partial charge in [-0.3, -0.25) is 9.79 Å². The maximum atomic E-state index is 12.9. The summed E-state index contributed by atoms with van der Waals surface area (Å²) in [5.41, 5.74) is 4.01. The largest absolute Gasteiger partial charge is 0.497 e. The second-order valence-corrected chi connectivity index (χ2v) is 7.18. The van der Waals surface area contributed by atoms with E-state index in [1.54, 1.807) is 7.11 Å². The SMILES string of the molecule is CCC(C(=O)Nc1ccc2c(c1)C=NC2)c1ccc(Oc2ccc(OC)cc2)cc1. The molecule has 152 valence electrons. The summed E-state index contributed by atoms with van der Waals surface area (Å²) in [7, 11) is 1.63. The quantitative estimate of drug-likeness (QED) is 0.565. The molecule has 1 amide bonds. The number of hydrogen-bond acceptors (Lipinski definition) is 4. The van der Waals surface area contributed by atoms with E-state index in [9.17, 15) is 4.79 Å². The van der Waals surface area contributed by atoms with Crippen LogP contribution < -0.4 is 14.8 Å². The molecule has 4 rings (SSSR count). The van der Waals surface area contributed by atoms with Gasteiger partial charge in [0.1, 0.15) is 17.2 Å². The first kappa shape index (κ1) is 19.7. The average molecular weight is 400 g/mol. The van der Waals surface area contributed by atoms with Crippen LogP contribution in [0.1, 0.15) is 36.0 Å². The maximum Gasteiger partial charge on any atom is 0.231 e. The zero-order valence-electron chi connectivity index (χ0n) is 17.1. The lowest BCUT2D eigenvalue weighted by atomic mass is 9.95. The molecule has 3 aromatic carbocycles. The van der Waals surface area contributed by atoms with E-state index in [4.69, 9.17) is 9.47 Å². The molecule has 0 bridgehead atoms. The Morgan fingerprint density at radius 1 is 1.00 bits per heavy atom. The minimum Gasteiger partial charge on any atom is -0.497 e. The Morgan fingerprint density at radius 3 is 2.33 bits per heavy atom. The molecule has 0 aliphatic carbocycles. The van der Waals surface area contributed by atoms with E-state index >= 15 is 0 Å². The Hall–Kier alpha value is -3.60. The van der Waals surface area contributed by atoms with Gasteiger partial charge in [0, 0.05) is 11.9 Å². The molecule has 1 aliphatic heterocycles. The van der Waals surface area contributed by atoms with Crippen molar-refractivity contribution in [3.8, 4) is 17.2 Å². The van der Waals surface area contributed by atoms with Crippen LogP contribution in [0.3, 0.4) is 0 Å². The molecule has 5 heteroatoms. The molecule has 0 saturated heterocycles. The van der Waals surface area contributed by atoms with Crippen molar-refractivity contribution in [1.29, 1.82) is 0 Å². The minimum atomic E-state index is -0.234. The van der Waals surface area contributed by atoms with E-state index < -0.39 is 0 Å². The number of aliphatic imine (C=N–C) groups is 1. The van der Waals surface area contributed by atoms with Crippen LogP contribution in [0, 0.1) is 0 Å².